The second-order valence-corrected chi connectivity index (χ2v) is 6.03. The first-order chi connectivity index (χ1) is 11.1. The number of para-hydroxylation sites is 2. The number of ketones is 1. The number of aromatic nitrogens is 2. The molecule has 1 heterocycles. The van der Waals surface area contributed by atoms with Gasteiger partial charge in [0.25, 0.3) is 0 Å². The number of ether oxygens (including phenoxy) is 1. The Hall–Kier alpha value is -2.27. The molecule has 1 aromatic heterocycles. The molecule has 3 rings (SSSR count). The van der Waals surface area contributed by atoms with Gasteiger partial charge in [-0.05, 0) is 43.5 Å². The Morgan fingerprint density at radius 1 is 1.26 bits per heavy atom. The van der Waals surface area contributed by atoms with E-state index in [9.17, 15) is 4.79 Å². The first-order valence-electron chi connectivity index (χ1n) is 7.31. The zero-order chi connectivity index (χ0) is 16.4. The number of carbonyl (C=O) groups is 1. The number of Topliss-reactive ketones (excluding diaryl/α,β-unsaturated/α-hetero) is 1. The summed E-state index contributed by atoms with van der Waals surface area (Å²) in [5.74, 6) is 0.828. The maximum Gasteiger partial charge on any atom is 0.169 e. The van der Waals surface area contributed by atoms with E-state index >= 15 is 0 Å². The average molecular weight is 326 g/mol. The van der Waals surface area contributed by atoms with E-state index in [-0.39, 0.29) is 5.78 Å². The highest BCUT2D eigenvalue weighted by Crippen LogP contribution is 2.27. The molecule has 0 atom stereocenters. The van der Waals surface area contributed by atoms with E-state index in [2.05, 4.69) is 15.6 Å². The lowest BCUT2D eigenvalue weighted by molar-refractivity contribution is 0.101. The summed E-state index contributed by atoms with van der Waals surface area (Å²) in [6.07, 6.45) is 2.01. The van der Waals surface area contributed by atoms with Crippen molar-refractivity contribution in [2.75, 3.05) is 13.4 Å². The van der Waals surface area contributed by atoms with Crippen molar-refractivity contribution in [1.82, 2.24) is 9.55 Å². The molecule has 4 nitrogen and oxygen atoms in total. The summed E-state index contributed by atoms with van der Waals surface area (Å²) in [5, 5.41) is 0.946. The maximum absolute atomic E-state index is 11.7. The third kappa shape index (κ3) is 2.97. The van der Waals surface area contributed by atoms with E-state index in [0.29, 0.717) is 12.1 Å². The summed E-state index contributed by atoms with van der Waals surface area (Å²) < 4.78 is 7.62. The minimum atomic E-state index is 0.0504. The van der Waals surface area contributed by atoms with Gasteiger partial charge in [0.2, 0.25) is 0 Å². The minimum Gasteiger partial charge on any atom is -0.496 e. The van der Waals surface area contributed by atoms with E-state index in [0.717, 1.165) is 27.5 Å². The summed E-state index contributed by atoms with van der Waals surface area (Å²) in [7, 11) is 1.65. The monoisotopic (exact) mass is 326 g/mol. The molecular weight excluding hydrogens is 308 g/mol. The molecule has 0 spiro atoms. The predicted octanol–water partition coefficient (Wildman–Crippen LogP) is 4.02. The lowest BCUT2D eigenvalue weighted by Crippen LogP contribution is -2.05. The molecule has 2 aromatic carbocycles. The van der Waals surface area contributed by atoms with Crippen molar-refractivity contribution in [2.24, 2.45) is 0 Å². The molecule has 0 saturated carbocycles. The Balaban J connectivity index is 2.11. The fraction of sp³-hybridized carbons (Fsp3) is 0.222. The Morgan fingerprint density at radius 3 is 2.74 bits per heavy atom. The van der Waals surface area contributed by atoms with E-state index in [1.165, 1.54) is 0 Å². The minimum absolute atomic E-state index is 0.0504. The van der Waals surface area contributed by atoms with E-state index in [4.69, 9.17) is 4.74 Å². The van der Waals surface area contributed by atoms with Crippen LogP contribution >= 0.6 is 11.8 Å². The summed E-state index contributed by atoms with van der Waals surface area (Å²) in [5.41, 5.74) is 3.71. The van der Waals surface area contributed by atoms with Crippen LogP contribution in [0.4, 0.5) is 0 Å². The van der Waals surface area contributed by atoms with Gasteiger partial charge >= 0.3 is 0 Å². The average Bonchev–Trinajstić information content (AvgIpc) is 2.92. The number of thioether (sulfide) groups is 1. The molecule has 0 aliphatic rings. The normalized spacial score (nSPS) is 10.9. The Kier molecular flexibility index (Phi) is 4.39. The van der Waals surface area contributed by atoms with Crippen molar-refractivity contribution in [2.45, 2.75) is 18.6 Å². The van der Waals surface area contributed by atoms with Crippen LogP contribution in [0.2, 0.25) is 0 Å². The third-order valence-corrected chi connectivity index (χ3v) is 4.49. The third-order valence-electron chi connectivity index (χ3n) is 3.82. The quantitative estimate of drug-likeness (QED) is 0.525. The highest BCUT2D eigenvalue weighted by molar-refractivity contribution is 7.98. The van der Waals surface area contributed by atoms with Gasteiger partial charge in [-0.2, -0.15) is 0 Å². The predicted molar refractivity (Wildman–Crippen MR) is 93.6 cm³/mol. The van der Waals surface area contributed by atoms with Gasteiger partial charge in [0, 0.05) is 11.1 Å². The van der Waals surface area contributed by atoms with Crippen molar-refractivity contribution in [1.29, 1.82) is 0 Å². The summed E-state index contributed by atoms with van der Waals surface area (Å²) >= 11 is 1.61. The molecule has 118 valence electrons. The molecule has 0 unspecified atom stereocenters. The fourth-order valence-corrected chi connectivity index (χ4v) is 3.23. The van der Waals surface area contributed by atoms with Gasteiger partial charge in [-0.15, -0.1) is 0 Å². The van der Waals surface area contributed by atoms with Crippen LogP contribution in [-0.2, 0) is 6.54 Å². The Bertz CT molecular complexity index is 871. The van der Waals surface area contributed by atoms with Crippen LogP contribution in [0.1, 0.15) is 22.8 Å². The number of imidazole rings is 1. The number of benzene rings is 2. The number of rotatable bonds is 5. The molecule has 3 aromatic rings. The highest BCUT2D eigenvalue weighted by Gasteiger charge is 2.13. The number of nitrogens with zero attached hydrogens (tertiary/aromatic N) is 2. The van der Waals surface area contributed by atoms with E-state index in [1.54, 1.807) is 31.9 Å². The van der Waals surface area contributed by atoms with Gasteiger partial charge in [0.1, 0.15) is 5.75 Å². The summed E-state index contributed by atoms with van der Waals surface area (Å²) in [6.45, 7) is 2.19. The van der Waals surface area contributed by atoms with Crippen molar-refractivity contribution in [3.8, 4) is 5.75 Å². The molecule has 0 aliphatic carbocycles. The van der Waals surface area contributed by atoms with Crippen molar-refractivity contribution < 1.29 is 9.53 Å². The standard InChI is InChI=1S/C18H18N2O2S/c1-12(21)13-8-9-17(22-2)14(10-13)11-20-16-7-5-4-6-15(16)19-18(20)23-3/h4-10H,11H2,1-3H3. The molecule has 0 aliphatic heterocycles. The summed E-state index contributed by atoms with van der Waals surface area (Å²) in [6, 6.07) is 13.6. The smallest absolute Gasteiger partial charge is 0.169 e. The molecule has 0 saturated heterocycles. The molecule has 5 heteroatoms. The van der Waals surface area contributed by atoms with Crippen LogP contribution in [0.5, 0.6) is 5.75 Å². The molecule has 0 N–H and O–H groups in total. The van der Waals surface area contributed by atoms with Gasteiger partial charge in [0.05, 0.1) is 24.7 Å². The fourth-order valence-electron chi connectivity index (χ4n) is 2.65. The molecule has 0 radical (unpaired) electrons. The van der Waals surface area contributed by atoms with Gasteiger partial charge in [0.15, 0.2) is 10.9 Å². The second kappa shape index (κ2) is 6.46. The zero-order valence-electron chi connectivity index (χ0n) is 13.4. The van der Waals surface area contributed by atoms with Crippen LogP contribution in [0.15, 0.2) is 47.6 Å². The molecule has 0 fully saturated rings. The van der Waals surface area contributed by atoms with E-state index in [1.807, 2.05) is 36.6 Å². The zero-order valence-corrected chi connectivity index (χ0v) is 14.2. The first-order valence-corrected chi connectivity index (χ1v) is 8.53. The lowest BCUT2D eigenvalue weighted by atomic mass is 10.1. The van der Waals surface area contributed by atoms with Gasteiger partial charge in [-0.25, -0.2) is 4.98 Å². The van der Waals surface area contributed by atoms with Gasteiger partial charge in [-0.1, -0.05) is 23.9 Å². The molecule has 0 amide bonds. The first kappa shape index (κ1) is 15.6. The summed E-state index contributed by atoms with van der Waals surface area (Å²) in [4.78, 5) is 16.3. The topological polar surface area (TPSA) is 44.1 Å². The molecule has 23 heavy (non-hydrogen) atoms. The maximum atomic E-state index is 11.7. The van der Waals surface area contributed by atoms with Crippen molar-refractivity contribution in [3.63, 3.8) is 0 Å². The van der Waals surface area contributed by atoms with Gasteiger partial charge < -0.3 is 9.30 Å². The number of hydrogen-bond donors (Lipinski definition) is 0. The SMILES string of the molecule is COc1ccc(C(C)=O)cc1Cn1c(SC)nc2ccccc21. The van der Waals surface area contributed by atoms with E-state index < -0.39 is 0 Å². The van der Waals surface area contributed by atoms with Crippen molar-refractivity contribution >= 4 is 28.6 Å². The van der Waals surface area contributed by atoms with Gasteiger partial charge in [-0.3, -0.25) is 4.79 Å². The van der Waals surface area contributed by atoms with Crippen LogP contribution in [-0.4, -0.2) is 28.7 Å². The van der Waals surface area contributed by atoms with Crippen LogP contribution in [0.25, 0.3) is 11.0 Å². The number of carbonyl (C=O) groups excluding carboxylic acids is 1. The second-order valence-electron chi connectivity index (χ2n) is 5.26. The van der Waals surface area contributed by atoms with Crippen LogP contribution in [0, 0.1) is 0 Å². The highest BCUT2D eigenvalue weighted by atomic mass is 32.2. The largest absolute Gasteiger partial charge is 0.496 e. The van der Waals surface area contributed by atoms with Crippen LogP contribution < -0.4 is 4.74 Å². The molecular formula is C18H18N2O2S. The Morgan fingerprint density at radius 2 is 2.04 bits per heavy atom. The number of fused-ring (bicyclic) bond motifs is 1. The number of hydrogen-bond acceptors (Lipinski definition) is 4. The van der Waals surface area contributed by atoms with Crippen LogP contribution in [0.3, 0.4) is 0 Å². The molecule has 0 bridgehead atoms. The van der Waals surface area contributed by atoms with Crippen molar-refractivity contribution in [3.05, 3.63) is 53.6 Å². The Labute approximate surface area is 139 Å². The lowest BCUT2D eigenvalue weighted by Gasteiger charge is -2.13. The number of methoxy groups -OCH3 is 1.